The van der Waals surface area contributed by atoms with Gasteiger partial charge in [0.2, 0.25) is 5.96 Å². The highest BCUT2D eigenvalue weighted by atomic mass is 15.4. The molecule has 0 aliphatic carbocycles. The van der Waals surface area contributed by atoms with Crippen molar-refractivity contribution in [2.75, 3.05) is 11.4 Å². The first-order valence-electron chi connectivity index (χ1n) is 6.28. The van der Waals surface area contributed by atoms with Crippen LogP contribution in [-0.4, -0.2) is 12.5 Å². The number of hydrogen-bond donors (Lipinski definition) is 2. The number of benzene rings is 2. The van der Waals surface area contributed by atoms with E-state index < -0.39 is 0 Å². The molecule has 0 spiro atoms. The highest BCUT2D eigenvalue weighted by molar-refractivity contribution is 5.97. The van der Waals surface area contributed by atoms with Crippen LogP contribution in [0.1, 0.15) is 6.92 Å². The van der Waals surface area contributed by atoms with Crippen molar-refractivity contribution in [1.29, 1.82) is 0 Å². The topological polar surface area (TPSA) is 53.6 Å². The summed E-state index contributed by atoms with van der Waals surface area (Å²) in [6, 6.07) is 19.8. The smallest absolute Gasteiger partial charge is 0.218 e. The van der Waals surface area contributed by atoms with Crippen LogP contribution in [0.25, 0.3) is 0 Å². The van der Waals surface area contributed by atoms with E-state index in [2.05, 4.69) is 17.3 Å². The fraction of sp³-hybridized carbons (Fsp3) is 0.133. The maximum atomic E-state index is 5.61. The lowest BCUT2D eigenvalue weighted by atomic mass is 10.3. The van der Waals surface area contributed by atoms with Crippen LogP contribution in [0.4, 0.5) is 11.4 Å². The van der Waals surface area contributed by atoms with Gasteiger partial charge in [0.15, 0.2) is 0 Å². The second-order valence-corrected chi connectivity index (χ2v) is 4.00. The Labute approximate surface area is 113 Å². The first-order valence-corrected chi connectivity index (χ1v) is 6.28. The Morgan fingerprint density at radius 2 is 1.63 bits per heavy atom. The molecule has 0 aromatic heterocycles. The Morgan fingerprint density at radius 3 is 2.16 bits per heavy atom. The van der Waals surface area contributed by atoms with Crippen LogP contribution < -0.4 is 16.2 Å². The molecule has 2 aromatic carbocycles. The zero-order valence-electron chi connectivity index (χ0n) is 11.0. The van der Waals surface area contributed by atoms with Crippen molar-refractivity contribution in [3.8, 4) is 0 Å². The van der Waals surface area contributed by atoms with Crippen molar-refractivity contribution < 1.29 is 0 Å². The van der Waals surface area contributed by atoms with Gasteiger partial charge in [-0.1, -0.05) is 36.4 Å². The minimum atomic E-state index is 0.625. The van der Waals surface area contributed by atoms with Gasteiger partial charge < -0.3 is 4.90 Å². The van der Waals surface area contributed by atoms with E-state index in [9.17, 15) is 0 Å². The second kappa shape index (κ2) is 6.56. The molecule has 0 amide bonds. The van der Waals surface area contributed by atoms with Gasteiger partial charge in [0.25, 0.3) is 0 Å². The molecular formula is C15H18N4. The predicted molar refractivity (Wildman–Crippen MR) is 80.3 cm³/mol. The molecule has 0 atom stereocenters. The van der Waals surface area contributed by atoms with Gasteiger partial charge in [-0.3, -0.25) is 5.43 Å². The molecule has 0 saturated carbocycles. The van der Waals surface area contributed by atoms with E-state index in [0.29, 0.717) is 5.96 Å². The fourth-order valence-electron chi connectivity index (χ4n) is 1.86. The number of para-hydroxylation sites is 2. The first kappa shape index (κ1) is 13.1. The summed E-state index contributed by atoms with van der Waals surface area (Å²) < 4.78 is 0. The fourth-order valence-corrected chi connectivity index (χ4v) is 1.86. The number of anilines is 1. The predicted octanol–water partition coefficient (Wildman–Crippen LogP) is 2.66. The Kier molecular flexibility index (Phi) is 4.53. The number of nitrogens with one attached hydrogen (secondary N) is 1. The van der Waals surface area contributed by atoms with Crippen molar-refractivity contribution >= 4 is 17.3 Å². The Balaban J connectivity index is 2.32. The van der Waals surface area contributed by atoms with Crippen LogP contribution in [-0.2, 0) is 0 Å². The van der Waals surface area contributed by atoms with Gasteiger partial charge in [0.1, 0.15) is 0 Å². The van der Waals surface area contributed by atoms with Gasteiger partial charge in [0, 0.05) is 12.2 Å². The number of nitrogens with zero attached hydrogens (tertiary/aromatic N) is 2. The van der Waals surface area contributed by atoms with Crippen molar-refractivity contribution in [2.24, 2.45) is 10.8 Å². The summed E-state index contributed by atoms with van der Waals surface area (Å²) >= 11 is 0. The molecule has 2 rings (SSSR count). The third-order valence-electron chi connectivity index (χ3n) is 2.76. The summed E-state index contributed by atoms with van der Waals surface area (Å²) in [7, 11) is 0. The molecule has 98 valence electrons. The van der Waals surface area contributed by atoms with E-state index in [4.69, 9.17) is 5.84 Å². The average Bonchev–Trinajstić information content (AvgIpc) is 2.49. The lowest BCUT2D eigenvalue weighted by molar-refractivity contribution is 0.934. The summed E-state index contributed by atoms with van der Waals surface area (Å²) in [6.07, 6.45) is 0. The van der Waals surface area contributed by atoms with Gasteiger partial charge in [-0.05, 0) is 31.2 Å². The van der Waals surface area contributed by atoms with Crippen molar-refractivity contribution in [2.45, 2.75) is 6.92 Å². The molecule has 0 radical (unpaired) electrons. The molecule has 19 heavy (non-hydrogen) atoms. The zero-order valence-corrected chi connectivity index (χ0v) is 11.0. The van der Waals surface area contributed by atoms with E-state index >= 15 is 0 Å². The molecule has 4 heteroatoms. The van der Waals surface area contributed by atoms with Crippen LogP contribution in [0.15, 0.2) is 65.7 Å². The van der Waals surface area contributed by atoms with Crippen LogP contribution in [0.2, 0.25) is 0 Å². The second-order valence-electron chi connectivity index (χ2n) is 4.00. The Hall–Kier alpha value is -2.33. The molecule has 3 N–H and O–H groups in total. The highest BCUT2D eigenvalue weighted by Crippen LogP contribution is 2.16. The summed E-state index contributed by atoms with van der Waals surface area (Å²) in [5.41, 5.74) is 4.59. The quantitative estimate of drug-likeness (QED) is 0.383. The van der Waals surface area contributed by atoms with E-state index in [-0.39, 0.29) is 0 Å². The number of hydrogen-bond acceptors (Lipinski definition) is 2. The van der Waals surface area contributed by atoms with Crippen LogP contribution in [0.3, 0.4) is 0 Å². The molecule has 0 bridgehead atoms. The number of nitrogens with two attached hydrogens (primary N) is 1. The van der Waals surface area contributed by atoms with Crippen LogP contribution >= 0.6 is 0 Å². The molecule has 0 aliphatic heterocycles. The SMILES string of the molecule is CCN(C(=Nc1ccccc1)NN)c1ccccc1. The van der Waals surface area contributed by atoms with E-state index in [1.807, 2.05) is 65.6 Å². The molecule has 0 fully saturated rings. The zero-order chi connectivity index (χ0) is 13.5. The molecular weight excluding hydrogens is 236 g/mol. The molecule has 0 unspecified atom stereocenters. The number of rotatable bonds is 3. The van der Waals surface area contributed by atoms with Gasteiger partial charge in [0.05, 0.1) is 5.69 Å². The van der Waals surface area contributed by atoms with Gasteiger partial charge in [-0.15, -0.1) is 0 Å². The largest absolute Gasteiger partial charge is 0.312 e. The summed E-state index contributed by atoms with van der Waals surface area (Å²) in [4.78, 5) is 6.55. The van der Waals surface area contributed by atoms with Crippen molar-refractivity contribution in [1.82, 2.24) is 5.43 Å². The molecule has 0 heterocycles. The van der Waals surface area contributed by atoms with Crippen molar-refractivity contribution in [3.63, 3.8) is 0 Å². The molecule has 4 nitrogen and oxygen atoms in total. The molecule has 2 aromatic rings. The first-order chi connectivity index (χ1) is 9.35. The van der Waals surface area contributed by atoms with E-state index in [1.165, 1.54) is 0 Å². The van der Waals surface area contributed by atoms with Crippen molar-refractivity contribution in [3.05, 3.63) is 60.7 Å². The lowest BCUT2D eigenvalue weighted by Gasteiger charge is -2.24. The number of hydrazine groups is 1. The minimum Gasteiger partial charge on any atom is -0.312 e. The third kappa shape index (κ3) is 3.33. The molecule has 0 aliphatic rings. The number of aliphatic imine (C=N–C) groups is 1. The normalized spacial score (nSPS) is 11.2. The van der Waals surface area contributed by atoms with E-state index in [0.717, 1.165) is 17.9 Å². The Morgan fingerprint density at radius 1 is 1.05 bits per heavy atom. The van der Waals surface area contributed by atoms with Crippen LogP contribution in [0, 0.1) is 0 Å². The number of guanidine groups is 1. The third-order valence-corrected chi connectivity index (χ3v) is 2.76. The Bertz CT molecular complexity index is 522. The maximum absolute atomic E-state index is 5.61. The lowest BCUT2D eigenvalue weighted by Crippen LogP contribution is -2.44. The summed E-state index contributed by atoms with van der Waals surface area (Å²) in [6.45, 7) is 2.84. The highest BCUT2D eigenvalue weighted by Gasteiger charge is 2.10. The van der Waals surface area contributed by atoms with Gasteiger partial charge >= 0.3 is 0 Å². The minimum absolute atomic E-state index is 0.625. The summed E-state index contributed by atoms with van der Waals surface area (Å²) in [5, 5.41) is 0. The standard InChI is InChI=1S/C15H18N4/c1-2-19(14-11-7-4-8-12-14)15(18-16)17-13-9-5-3-6-10-13/h3-12H,2,16H2,1H3,(H,17,18). The monoisotopic (exact) mass is 254 g/mol. The molecule has 0 saturated heterocycles. The van der Waals surface area contributed by atoms with Crippen LogP contribution in [0.5, 0.6) is 0 Å². The van der Waals surface area contributed by atoms with Gasteiger partial charge in [-0.2, -0.15) is 0 Å². The van der Waals surface area contributed by atoms with Gasteiger partial charge in [-0.25, -0.2) is 10.8 Å². The van der Waals surface area contributed by atoms with E-state index in [1.54, 1.807) is 0 Å². The maximum Gasteiger partial charge on any atom is 0.218 e. The average molecular weight is 254 g/mol. The summed E-state index contributed by atoms with van der Waals surface area (Å²) in [5.74, 6) is 6.24.